The van der Waals surface area contributed by atoms with Gasteiger partial charge >= 0.3 is 6.09 Å². The zero-order valence-corrected chi connectivity index (χ0v) is 11.4. The maximum absolute atomic E-state index is 12.8. The highest BCUT2D eigenvalue weighted by Crippen LogP contribution is 2.43. The number of hydrogen-bond acceptors (Lipinski definition) is 4. The van der Waals surface area contributed by atoms with Crippen LogP contribution in [0, 0.1) is 5.41 Å². The highest BCUT2D eigenvalue weighted by atomic mass is 16.4. The minimum absolute atomic E-state index is 0.242. The van der Waals surface area contributed by atoms with Gasteiger partial charge in [0, 0.05) is 18.5 Å². The highest BCUT2D eigenvalue weighted by Gasteiger charge is 2.59. The van der Waals surface area contributed by atoms with E-state index in [-0.39, 0.29) is 13.0 Å². The van der Waals surface area contributed by atoms with Crippen molar-refractivity contribution in [2.45, 2.75) is 12.5 Å². The monoisotopic (exact) mass is 303 g/mol. The summed E-state index contributed by atoms with van der Waals surface area (Å²) >= 11 is 0. The van der Waals surface area contributed by atoms with Crippen LogP contribution in [-0.4, -0.2) is 46.3 Å². The van der Waals surface area contributed by atoms with Crippen molar-refractivity contribution >= 4 is 29.4 Å². The topological polar surface area (TPSA) is 130 Å². The van der Waals surface area contributed by atoms with Gasteiger partial charge in [0.15, 0.2) is 5.78 Å². The average molecular weight is 303 g/mol. The van der Waals surface area contributed by atoms with Crippen molar-refractivity contribution < 1.29 is 24.3 Å². The Morgan fingerprint density at radius 3 is 2.59 bits per heavy atom. The molecule has 1 saturated heterocycles. The van der Waals surface area contributed by atoms with Crippen LogP contribution in [0.5, 0.6) is 0 Å². The molecule has 0 saturated carbocycles. The summed E-state index contributed by atoms with van der Waals surface area (Å²) in [5, 5.41) is 11.8. The number of primary amides is 1. The van der Waals surface area contributed by atoms with Crippen molar-refractivity contribution in [3.05, 3.63) is 29.8 Å². The van der Waals surface area contributed by atoms with Crippen molar-refractivity contribution in [3.8, 4) is 0 Å². The molecule has 1 aromatic carbocycles. The molecule has 1 aromatic rings. The lowest BCUT2D eigenvalue weighted by Crippen LogP contribution is -2.49. The third kappa shape index (κ3) is 1.77. The molecule has 114 valence electrons. The van der Waals surface area contributed by atoms with Crippen molar-refractivity contribution in [2.75, 3.05) is 11.9 Å². The number of rotatable bonds is 1. The molecule has 2 atom stereocenters. The molecule has 2 aliphatic rings. The van der Waals surface area contributed by atoms with Gasteiger partial charge in [0.25, 0.3) is 0 Å². The van der Waals surface area contributed by atoms with E-state index in [0.29, 0.717) is 11.3 Å². The molecule has 2 aliphatic heterocycles. The Balaban J connectivity index is 2.07. The van der Waals surface area contributed by atoms with Gasteiger partial charge in [0.1, 0.15) is 11.5 Å². The normalized spacial score (nSPS) is 26.7. The van der Waals surface area contributed by atoms with E-state index >= 15 is 0 Å². The molecule has 0 unspecified atom stereocenters. The van der Waals surface area contributed by atoms with Crippen molar-refractivity contribution in [3.63, 3.8) is 0 Å². The van der Waals surface area contributed by atoms with Gasteiger partial charge in [0.05, 0.1) is 5.69 Å². The van der Waals surface area contributed by atoms with Crippen LogP contribution in [0.15, 0.2) is 24.3 Å². The Morgan fingerprint density at radius 2 is 2.00 bits per heavy atom. The summed E-state index contributed by atoms with van der Waals surface area (Å²) in [6.45, 7) is -0.380. The number of carboxylic acid groups (broad SMARTS) is 1. The number of hydrogen-bond donors (Lipinski definition) is 3. The zero-order chi connectivity index (χ0) is 16.1. The van der Waals surface area contributed by atoms with Crippen LogP contribution in [-0.2, 0) is 9.59 Å². The molecule has 3 rings (SSSR count). The average Bonchev–Trinajstić information content (AvgIpc) is 2.88. The molecule has 22 heavy (non-hydrogen) atoms. The van der Waals surface area contributed by atoms with Crippen LogP contribution in [0.1, 0.15) is 16.8 Å². The number of nitrogens with zero attached hydrogens (tertiary/aromatic N) is 1. The lowest BCUT2D eigenvalue weighted by molar-refractivity contribution is -0.123. The fourth-order valence-electron chi connectivity index (χ4n) is 3.08. The number of fused-ring (bicyclic) bond motifs is 1. The summed E-state index contributed by atoms with van der Waals surface area (Å²) in [4.78, 5) is 48.7. The highest BCUT2D eigenvalue weighted by molar-refractivity contribution is 6.24. The molecule has 0 radical (unpaired) electrons. The summed E-state index contributed by atoms with van der Waals surface area (Å²) in [5.74, 6) is -1.97. The van der Waals surface area contributed by atoms with Gasteiger partial charge in [-0.3, -0.25) is 19.3 Å². The van der Waals surface area contributed by atoms with Crippen LogP contribution in [0.2, 0.25) is 0 Å². The van der Waals surface area contributed by atoms with E-state index in [1.54, 1.807) is 24.3 Å². The Bertz CT molecular complexity index is 692. The first kappa shape index (κ1) is 14.1. The quantitative estimate of drug-likeness (QED) is 0.631. The number of benzene rings is 1. The second kappa shape index (κ2) is 4.55. The SMILES string of the molecule is NC(=O)[C@@H]1C[C@@]2(CN1C(=O)O)C(=O)Nc1ccccc1C2=O. The van der Waals surface area contributed by atoms with Gasteiger partial charge in [-0.25, -0.2) is 4.79 Å². The molecule has 0 bridgehead atoms. The number of carbonyl (C=O) groups excluding carboxylic acids is 3. The molecule has 1 spiro atoms. The lowest BCUT2D eigenvalue weighted by atomic mass is 9.74. The number of para-hydroxylation sites is 1. The number of ketones is 1. The molecule has 8 nitrogen and oxygen atoms in total. The molecule has 1 fully saturated rings. The maximum Gasteiger partial charge on any atom is 0.408 e. The van der Waals surface area contributed by atoms with Gasteiger partial charge in [-0.1, -0.05) is 12.1 Å². The largest absolute Gasteiger partial charge is 0.465 e. The van der Waals surface area contributed by atoms with Gasteiger partial charge in [-0.05, 0) is 12.1 Å². The van der Waals surface area contributed by atoms with E-state index in [9.17, 15) is 24.3 Å². The summed E-state index contributed by atoms with van der Waals surface area (Å²) in [6, 6.07) is 5.28. The minimum atomic E-state index is -1.60. The first-order valence-electron chi connectivity index (χ1n) is 6.61. The first-order chi connectivity index (χ1) is 10.4. The standard InChI is InChI=1S/C14H13N3O5/c15-11(19)9-5-14(6-17(9)13(21)22)10(18)7-3-1-2-4-8(7)16-12(14)20/h1-4,9H,5-6H2,(H2,15,19)(H,16,20)(H,21,22)/t9-,14-/m0/s1. The second-order valence-electron chi connectivity index (χ2n) is 5.44. The lowest BCUT2D eigenvalue weighted by Gasteiger charge is -2.31. The molecular weight excluding hydrogens is 290 g/mol. The number of carbonyl (C=O) groups is 4. The Morgan fingerprint density at radius 1 is 1.32 bits per heavy atom. The molecular formula is C14H13N3O5. The Labute approximate surface area is 124 Å². The molecule has 0 aliphatic carbocycles. The van der Waals surface area contributed by atoms with E-state index in [2.05, 4.69) is 5.32 Å². The number of Topliss-reactive ketones (excluding diaryl/α,β-unsaturated/α-hetero) is 1. The predicted molar refractivity (Wildman–Crippen MR) is 74.2 cm³/mol. The van der Waals surface area contributed by atoms with Crippen molar-refractivity contribution in [2.24, 2.45) is 11.1 Å². The summed E-state index contributed by atoms with van der Waals surface area (Å²) in [5.41, 5.74) is 4.30. The molecule has 2 heterocycles. The van der Waals surface area contributed by atoms with Crippen LogP contribution in [0.4, 0.5) is 10.5 Å². The van der Waals surface area contributed by atoms with Gasteiger partial charge in [0.2, 0.25) is 11.8 Å². The van der Waals surface area contributed by atoms with E-state index < -0.39 is 35.1 Å². The third-order valence-electron chi connectivity index (χ3n) is 4.22. The maximum atomic E-state index is 12.8. The fourth-order valence-corrected chi connectivity index (χ4v) is 3.08. The fraction of sp³-hybridized carbons (Fsp3) is 0.286. The number of nitrogens with one attached hydrogen (secondary N) is 1. The van der Waals surface area contributed by atoms with Crippen LogP contribution < -0.4 is 11.1 Å². The first-order valence-corrected chi connectivity index (χ1v) is 6.61. The van der Waals surface area contributed by atoms with Crippen LogP contribution in [0.25, 0.3) is 0 Å². The van der Waals surface area contributed by atoms with Crippen molar-refractivity contribution in [1.29, 1.82) is 0 Å². The molecule has 0 aromatic heterocycles. The van der Waals surface area contributed by atoms with Crippen molar-refractivity contribution in [1.82, 2.24) is 4.90 Å². The van der Waals surface area contributed by atoms with Gasteiger partial charge < -0.3 is 16.2 Å². The van der Waals surface area contributed by atoms with E-state index in [1.165, 1.54) is 0 Å². The zero-order valence-electron chi connectivity index (χ0n) is 11.4. The van der Waals surface area contributed by atoms with Crippen LogP contribution in [0.3, 0.4) is 0 Å². The molecule has 4 N–H and O–H groups in total. The van der Waals surface area contributed by atoms with E-state index in [1.807, 2.05) is 0 Å². The molecule has 8 heteroatoms. The summed E-state index contributed by atoms with van der Waals surface area (Å²) in [6.07, 6.45) is -1.63. The number of anilines is 1. The third-order valence-corrected chi connectivity index (χ3v) is 4.22. The number of likely N-dealkylation sites (tertiary alicyclic amines) is 1. The van der Waals surface area contributed by atoms with Gasteiger partial charge in [-0.2, -0.15) is 0 Å². The molecule has 3 amide bonds. The Kier molecular flexibility index (Phi) is 2.91. The Hall–Kier alpha value is -2.90. The second-order valence-corrected chi connectivity index (χ2v) is 5.44. The van der Waals surface area contributed by atoms with E-state index in [4.69, 9.17) is 5.73 Å². The van der Waals surface area contributed by atoms with E-state index in [0.717, 1.165) is 4.90 Å². The summed E-state index contributed by atoms with van der Waals surface area (Å²) in [7, 11) is 0. The predicted octanol–water partition coefficient (Wildman–Crippen LogP) is 0.0454. The minimum Gasteiger partial charge on any atom is -0.465 e. The summed E-state index contributed by atoms with van der Waals surface area (Å²) < 4.78 is 0. The van der Waals surface area contributed by atoms with Gasteiger partial charge in [-0.15, -0.1) is 0 Å². The van der Waals surface area contributed by atoms with Crippen LogP contribution >= 0.6 is 0 Å². The number of amides is 3. The smallest absolute Gasteiger partial charge is 0.408 e. The number of nitrogens with two attached hydrogens (primary N) is 1.